The van der Waals surface area contributed by atoms with Crippen molar-refractivity contribution in [2.75, 3.05) is 10.6 Å². The molecule has 0 spiro atoms. The Morgan fingerprint density at radius 2 is 1.85 bits per heavy atom. The number of nitrogens with two attached hydrogens (primary N) is 1. The fourth-order valence-electron chi connectivity index (χ4n) is 2.66. The van der Waals surface area contributed by atoms with Gasteiger partial charge < -0.3 is 26.2 Å². The zero-order valence-electron chi connectivity index (χ0n) is 16.7. The third-order valence-electron chi connectivity index (χ3n) is 4.23. The number of nitrogens with zero attached hydrogens (tertiary/aromatic N) is 4. The third-order valence-corrected chi connectivity index (χ3v) is 4.23. The summed E-state index contributed by atoms with van der Waals surface area (Å²) in [7, 11) is 0. The highest BCUT2D eigenvalue weighted by atomic mass is 19.2. The zero-order valence-corrected chi connectivity index (χ0v) is 16.7. The molecular weight excluding hydrogens is 445 g/mol. The van der Waals surface area contributed by atoms with E-state index in [2.05, 4.69) is 35.9 Å². The molecule has 3 heterocycles. The van der Waals surface area contributed by atoms with Crippen molar-refractivity contribution in [2.24, 2.45) is 5.73 Å². The maximum absolute atomic E-state index is 13.7. The smallest absolute Gasteiger partial charge is 0.326 e. The summed E-state index contributed by atoms with van der Waals surface area (Å²) < 4.78 is 13.7. The van der Waals surface area contributed by atoms with Crippen LogP contribution in [-0.2, 0) is 16.1 Å². The number of halogens is 1. The second-order valence-corrected chi connectivity index (χ2v) is 6.80. The monoisotopic (exact) mass is 463 g/mol. The van der Waals surface area contributed by atoms with Gasteiger partial charge in [-0.2, -0.15) is 4.39 Å². The highest BCUT2D eigenvalue weighted by molar-refractivity contribution is 5.99. The van der Waals surface area contributed by atoms with Crippen molar-refractivity contribution < 1.29 is 33.8 Å². The van der Waals surface area contributed by atoms with E-state index in [1.807, 2.05) is 5.32 Å². The molecule has 0 saturated heterocycles. The van der Waals surface area contributed by atoms with Crippen LogP contribution in [0.2, 0.25) is 0 Å². The number of carbonyl (C=O) groups is 4. The molecule has 2 aromatic heterocycles. The molecule has 174 valence electrons. The Morgan fingerprint density at radius 3 is 2.48 bits per heavy atom. The van der Waals surface area contributed by atoms with Gasteiger partial charge in [-0.3, -0.25) is 25.4 Å². The van der Waals surface area contributed by atoms with Crippen LogP contribution in [0.1, 0.15) is 39.4 Å². The number of anilines is 2. The molecule has 0 aromatic carbocycles. The number of nitrogens with one attached hydrogen (secondary N) is 4. The first-order chi connectivity index (χ1) is 15.5. The van der Waals surface area contributed by atoms with Gasteiger partial charge in [-0.1, -0.05) is 0 Å². The summed E-state index contributed by atoms with van der Waals surface area (Å²) in [6.07, 6.45) is 2.83. The molecule has 0 saturated carbocycles. The van der Waals surface area contributed by atoms with Crippen LogP contribution >= 0.6 is 0 Å². The van der Waals surface area contributed by atoms with E-state index in [1.165, 1.54) is 6.20 Å². The van der Waals surface area contributed by atoms with Crippen LogP contribution in [0.5, 0.6) is 0 Å². The number of carbonyl (C=O) groups excluding carboxylic acids is 2. The van der Waals surface area contributed by atoms with Gasteiger partial charge in [0.2, 0.25) is 5.95 Å². The Hall–Kier alpha value is -4.47. The van der Waals surface area contributed by atoms with Crippen LogP contribution in [0.3, 0.4) is 0 Å². The molecular formula is C17H18FN9O6. The summed E-state index contributed by atoms with van der Waals surface area (Å²) >= 11 is 0. The van der Waals surface area contributed by atoms with Crippen molar-refractivity contribution >= 4 is 35.5 Å². The molecule has 0 aliphatic carbocycles. The highest BCUT2D eigenvalue weighted by Crippen LogP contribution is 2.19. The first-order valence-electron chi connectivity index (χ1n) is 9.30. The summed E-state index contributed by atoms with van der Waals surface area (Å²) in [6, 6.07) is -4.02. The SMILES string of the molecule is NC1(F)NC(=O)c2nc(CNc3ncc(C(=O)N[C@@H](CCC(=O)O)C(=O)O)cn3)cnc2N1. The van der Waals surface area contributed by atoms with Gasteiger partial charge in [0, 0.05) is 18.8 Å². The number of aliphatic carboxylic acids is 2. The highest BCUT2D eigenvalue weighted by Gasteiger charge is 2.35. The standard InChI is InChI=1S/C17H18FN9O6/c18-17(19)26-12-11(14(31)27-17)24-8(5-20-12)6-23-16-21-3-7(4-22-16)13(30)25-9(15(32)33)1-2-10(28)29/h3-5,9H,1-2,6,19H2,(H,20,26)(H,25,30)(H,27,31)(H,28,29)(H,32,33)(H,21,22,23)/t9-,17?/m0/s1. The minimum atomic E-state index is -2.64. The lowest BCUT2D eigenvalue weighted by Gasteiger charge is -2.28. The van der Waals surface area contributed by atoms with Crippen LogP contribution in [-0.4, -0.2) is 66.0 Å². The number of amides is 2. The molecule has 33 heavy (non-hydrogen) atoms. The Morgan fingerprint density at radius 1 is 1.15 bits per heavy atom. The van der Waals surface area contributed by atoms with Gasteiger partial charge in [-0.05, 0) is 6.42 Å². The van der Waals surface area contributed by atoms with Crippen molar-refractivity contribution in [1.82, 2.24) is 30.6 Å². The largest absolute Gasteiger partial charge is 0.481 e. The number of alkyl halides is 1. The van der Waals surface area contributed by atoms with E-state index >= 15 is 0 Å². The van der Waals surface area contributed by atoms with Gasteiger partial charge in [0.15, 0.2) is 11.5 Å². The first-order valence-corrected chi connectivity index (χ1v) is 9.30. The molecule has 0 fully saturated rings. The molecule has 16 heteroatoms. The van der Waals surface area contributed by atoms with Gasteiger partial charge in [0.25, 0.3) is 11.8 Å². The van der Waals surface area contributed by atoms with E-state index < -0.39 is 42.3 Å². The van der Waals surface area contributed by atoms with Crippen LogP contribution in [0.4, 0.5) is 16.2 Å². The fraction of sp³-hybridized carbons (Fsp3) is 0.294. The number of carboxylic acids is 2. The van der Waals surface area contributed by atoms with E-state index in [1.54, 1.807) is 0 Å². The number of hydrogen-bond donors (Lipinski definition) is 7. The van der Waals surface area contributed by atoms with Crippen molar-refractivity contribution in [2.45, 2.75) is 31.5 Å². The summed E-state index contributed by atoms with van der Waals surface area (Å²) in [5, 5.41) is 26.8. The topological polar surface area (TPSA) is 234 Å². The Bertz CT molecular complexity index is 1090. The molecule has 0 bridgehead atoms. The van der Waals surface area contributed by atoms with Crippen LogP contribution < -0.4 is 27.0 Å². The number of rotatable bonds is 9. The second-order valence-electron chi connectivity index (χ2n) is 6.80. The van der Waals surface area contributed by atoms with E-state index in [0.29, 0.717) is 5.69 Å². The summed E-state index contributed by atoms with van der Waals surface area (Å²) in [5.74, 6) is -4.24. The maximum Gasteiger partial charge on any atom is 0.326 e. The third kappa shape index (κ3) is 6.03. The quantitative estimate of drug-likeness (QED) is 0.213. The van der Waals surface area contributed by atoms with Gasteiger partial charge in [-0.15, -0.1) is 0 Å². The zero-order chi connectivity index (χ0) is 24.2. The molecule has 2 aromatic rings. The number of carboxylic acid groups (broad SMARTS) is 2. The predicted molar refractivity (Wildman–Crippen MR) is 106 cm³/mol. The molecule has 2 amide bonds. The molecule has 1 aliphatic rings. The van der Waals surface area contributed by atoms with Crippen LogP contribution in [0, 0.1) is 0 Å². The molecule has 0 radical (unpaired) electrons. The van der Waals surface area contributed by atoms with Gasteiger partial charge in [0.1, 0.15) is 6.04 Å². The minimum absolute atomic E-state index is 0.0266. The number of fused-ring (bicyclic) bond motifs is 1. The average Bonchev–Trinajstić information content (AvgIpc) is 2.74. The molecule has 1 unspecified atom stereocenters. The van der Waals surface area contributed by atoms with Crippen molar-refractivity contribution in [1.29, 1.82) is 0 Å². The summed E-state index contributed by atoms with van der Waals surface area (Å²) in [5.41, 5.74) is 5.26. The summed E-state index contributed by atoms with van der Waals surface area (Å²) in [4.78, 5) is 61.7. The van der Waals surface area contributed by atoms with Crippen molar-refractivity contribution in [3.05, 3.63) is 35.5 Å². The van der Waals surface area contributed by atoms with Gasteiger partial charge >= 0.3 is 18.0 Å². The van der Waals surface area contributed by atoms with Crippen molar-refractivity contribution in [3.63, 3.8) is 0 Å². The Labute approximate surface area is 184 Å². The van der Waals surface area contributed by atoms with E-state index in [4.69, 9.17) is 15.9 Å². The fourth-order valence-corrected chi connectivity index (χ4v) is 2.66. The van der Waals surface area contributed by atoms with E-state index in [-0.39, 0.29) is 36.0 Å². The lowest BCUT2D eigenvalue weighted by atomic mass is 10.1. The normalized spacial score (nSPS) is 17.7. The van der Waals surface area contributed by atoms with E-state index in [0.717, 1.165) is 12.4 Å². The average molecular weight is 463 g/mol. The molecule has 3 rings (SSSR count). The lowest BCUT2D eigenvalue weighted by molar-refractivity contribution is -0.140. The Kier molecular flexibility index (Phi) is 6.57. The molecule has 1 aliphatic heterocycles. The van der Waals surface area contributed by atoms with Gasteiger partial charge in [-0.25, -0.2) is 24.7 Å². The molecule has 15 nitrogen and oxygen atoms in total. The maximum atomic E-state index is 13.7. The van der Waals surface area contributed by atoms with E-state index in [9.17, 15) is 23.6 Å². The van der Waals surface area contributed by atoms with Crippen molar-refractivity contribution in [3.8, 4) is 0 Å². The molecule has 8 N–H and O–H groups in total. The molecule has 2 atom stereocenters. The van der Waals surface area contributed by atoms with Gasteiger partial charge in [0.05, 0.1) is 24.0 Å². The van der Waals surface area contributed by atoms with Crippen LogP contribution in [0.15, 0.2) is 18.6 Å². The Balaban J connectivity index is 1.59. The number of hydrogen-bond acceptors (Lipinski definition) is 11. The van der Waals surface area contributed by atoms with Crippen LogP contribution in [0.25, 0.3) is 0 Å². The minimum Gasteiger partial charge on any atom is -0.481 e. The lowest BCUT2D eigenvalue weighted by Crippen LogP contribution is -2.61. The number of aromatic nitrogens is 4. The predicted octanol–water partition coefficient (Wildman–Crippen LogP) is -1.38. The first kappa shape index (κ1) is 23.2. The second kappa shape index (κ2) is 9.35. The summed E-state index contributed by atoms with van der Waals surface area (Å²) in [6.45, 7) is 0.0266.